The van der Waals surface area contributed by atoms with Crippen molar-refractivity contribution in [2.75, 3.05) is 0 Å². The maximum absolute atomic E-state index is 11.5. The zero-order valence-corrected chi connectivity index (χ0v) is 19.1. The Kier molecular flexibility index (Phi) is 12.8. The van der Waals surface area contributed by atoms with E-state index in [4.69, 9.17) is 0 Å². The van der Waals surface area contributed by atoms with Gasteiger partial charge in [-0.15, -0.1) is 0 Å². The summed E-state index contributed by atoms with van der Waals surface area (Å²) in [4.78, 5) is 31.9. The predicted molar refractivity (Wildman–Crippen MR) is 122 cm³/mol. The molecule has 0 N–H and O–H groups in total. The van der Waals surface area contributed by atoms with Crippen molar-refractivity contribution in [3.05, 3.63) is 132 Å². The van der Waals surface area contributed by atoms with Crippen LogP contribution in [0.2, 0.25) is 0 Å². The Hall–Kier alpha value is -3.40. The molecule has 0 amide bonds. The Balaban J connectivity index is 0.000000300. The van der Waals surface area contributed by atoms with E-state index in [1.165, 1.54) is 5.56 Å². The maximum Gasteiger partial charge on any atom is 0.386 e. The molecule has 0 aliphatic rings. The van der Waals surface area contributed by atoms with E-state index in [0.29, 0.717) is 17.0 Å². The summed E-state index contributed by atoms with van der Waals surface area (Å²) in [6, 6.07) is 35.0. The van der Waals surface area contributed by atoms with Gasteiger partial charge in [0.25, 0.3) is 0 Å². The molecule has 0 atom stereocenters. The Morgan fingerprint density at radius 2 is 1.00 bits per heavy atom. The van der Waals surface area contributed by atoms with Crippen molar-refractivity contribution in [1.29, 1.82) is 0 Å². The Morgan fingerprint density at radius 3 is 1.28 bits per heavy atom. The topological polar surface area (TPSA) is 52.6 Å². The fourth-order valence-corrected chi connectivity index (χ4v) is 2.41. The van der Waals surface area contributed by atoms with Crippen molar-refractivity contribution in [2.24, 2.45) is 0 Å². The van der Waals surface area contributed by atoms with E-state index in [0.717, 1.165) is 0 Å². The second-order valence-corrected chi connectivity index (χ2v) is 6.81. The summed E-state index contributed by atoms with van der Waals surface area (Å²) in [5.74, 6) is -0.732. The van der Waals surface area contributed by atoms with Gasteiger partial charge in [0.1, 0.15) is 0 Å². The molecule has 32 heavy (non-hydrogen) atoms. The van der Waals surface area contributed by atoms with Gasteiger partial charge in [-0.2, -0.15) is 17.7 Å². The molecule has 4 aromatic rings. The summed E-state index contributed by atoms with van der Waals surface area (Å²) in [7, 11) is 0. The quantitative estimate of drug-likeness (QED) is 0.148. The minimum absolute atomic E-state index is 0. The van der Waals surface area contributed by atoms with Crippen LogP contribution in [0.1, 0.15) is 46.0 Å². The molecule has 4 nitrogen and oxygen atoms in total. The normalized spacial score (nSPS) is 9.22. The van der Waals surface area contributed by atoms with E-state index in [1.54, 1.807) is 60.7 Å². The van der Waals surface area contributed by atoms with Gasteiger partial charge in [-0.05, 0) is 24.3 Å². The first-order chi connectivity index (χ1) is 15.1. The van der Waals surface area contributed by atoms with Crippen molar-refractivity contribution < 1.29 is 36.4 Å². The van der Waals surface area contributed by atoms with Crippen LogP contribution in [0.15, 0.2) is 115 Å². The van der Waals surface area contributed by atoms with E-state index in [-0.39, 0.29) is 17.1 Å². The third kappa shape index (κ3) is 10.1. The number of carbonyl (C=O) groups is 2. The molecular weight excluding hydrogens is 444 g/mol. The summed E-state index contributed by atoms with van der Waals surface area (Å²) >= 11 is 0. The minimum atomic E-state index is -0.708. The summed E-state index contributed by atoms with van der Waals surface area (Å²) in [6.07, 6.45) is 0. The standard InChI is InChI=1S/C14H10O4.C8H11.C5H5.Fe/c15-13(11-7-3-1-4-8-11)17-18-14(16)12-9-5-2-6-10-12;1-7(2)8-5-3-4-6-8;1-2-4-5-3-1;/h1-10H;3-7H,1-2H3;1-5H;/q;-1;-5;. The number of hydrogen-bond donors (Lipinski definition) is 0. The molecule has 0 heterocycles. The van der Waals surface area contributed by atoms with Crippen LogP contribution in [-0.2, 0) is 26.8 Å². The molecule has 0 saturated heterocycles. The molecule has 0 aromatic heterocycles. The van der Waals surface area contributed by atoms with Gasteiger partial charge in [-0.1, -0.05) is 56.2 Å². The van der Waals surface area contributed by atoms with E-state index in [1.807, 2.05) is 30.3 Å². The van der Waals surface area contributed by atoms with Gasteiger partial charge < -0.3 is 30.3 Å². The molecule has 4 rings (SSSR count). The zero-order valence-electron chi connectivity index (χ0n) is 18.0. The third-order valence-corrected chi connectivity index (χ3v) is 4.12. The zero-order chi connectivity index (χ0) is 22.3. The molecular formula is C27H26FeO4-6. The second-order valence-electron chi connectivity index (χ2n) is 6.81. The summed E-state index contributed by atoms with van der Waals surface area (Å²) in [6.45, 7) is 4.41. The van der Waals surface area contributed by atoms with Gasteiger partial charge in [-0.3, -0.25) is 0 Å². The molecule has 4 aromatic carbocycles. The SMILES string of the molecule is CC(C)[c-]1cccc1.O=C(OOC(=O)c1ccccc1)c1ccccc1.[Fe].[cH-]1[cH-][cH-][cH-][cH-]1. The van der Waals surface area contributed by atoms with Crippen molar-refractivity contribution in [1.82, 2.24) is 0 Å². The monoisotopic (exact) mass is 470 g/mol. The number of carbonyl (C=O) groups excluding carboxylic acids is 2. The fraction of sp³-hybridized carbons (Fsp3) is 0.111. The summed E-state index contributed by atoms with van der Waals surface area (Å²) in [5, 5.41) is 0. The maximum atomic E-state index is 11.5. The van der Waals surface area contributed by atoms with Crippen LogP contribution in [0, 0.1) is 0 Å². The average molecular weight is 470 g/mol. The van der Waals surface area contributed by atoms with Gasteiger partial charge in [0.15, 0.2) is 0 Å². The van der Waals surface area contributed by atoms with Crippen LogP contribution in [0.5, 0.6) is 0 Å². The van der Waals surface area contributed by atoms with Crippen molar-refractivity contribution in [3.63, 3.8) is 0 Å². The van der Waals surface area contributed by atoms with Crippen molar-refractivity contribution in [3.8, 4) is 0 Å². The number of hydrogen-bond acceptors (Lipinski definition) is 4. The predicted octanol–water partition coefficient (Wildman–Crippen LogP) is 6.55. The smallest absolute Gasteiger partial charge is 0.386 e. The Bertz CT molecular complexity index is 908. The molecule has 0 saturated carbocycles. The van der Waals surface area contributed by atoms with Gasteiger partial charge >= 0.3 is 11.9 Å². The van der Waals surface area contributed by atoms with Gasteiger partial charge in [-0.25, -0.2) is 31.5 Å². The third-order valence-electron chi connectivity index (χ3n) is 4.12. The van der Waals surface area contributed by atoms with Crippen LogP contribution >= 0.6 is 0 Å². The second kappa shape index (κ2) is 15.4. The largest absolute Gasteiger partial charge is 0.748 e. The Morgan fingerprint density at radius 1 is 0.656 bits per heavy atom. The molecule has 0 bridgehead atoms. The molecule has 0 radical (unpaired) electrons. The molecule has 0 fully saturated rings. The number of benzene rings is 2. The van der Waals surface area contributed by atoms with Crippen molar-refractivity contribution >= 4 is 11.9 Å². The molecule has 0 aliphatic carbocycles. The minimum Gasteiger partial charge on any atom is -0.748 e. The fourth-order valence-electron chi connectivity index (χ4n) is 2.41. The van der Waals surface area contributed by atoms with E-state index in [2.05, 4.69) is 47.9 Å². The molecule has 0 spiro atoms. The average Bonchev–Trinajstić information content (AvgIpc) is 3.56. The first kappa shape index (κ1) is 26.6. The van der Waals surface area contributed by atoms with Crippen LogP contribution in [0.4, 0.5) is 0 Å². The van der Waals surface area contributed by atoms with Crippen LogP contribution in [-0.4, -0.2) is 11.9 Å². The molecule has 0 aliphatic heterocycles. The van der Waals surface area contributed by atoms with E-state index < -0.39 is 11.9 Å². The van der Waals surface area contributed by atoms with Gasteiger partial charge in [0, 0.05) is 17.1 Å². The van der Waals surface area contributed by atoms with E-state index >= 15 is 0 Å². The summed E-state index contributed by atoms with van der Waals surface area (Å²) in [5.41, 5.74) is 2.07. The van der Waals surface area contributed by atoms with Crippen LogP contribution in [0.3, 0.4) is 0 Å². The number of rotatable bonds is 3. The Labute approximate surface area is 199 Å². The van der Waals surface area contributed by atoms with Crippen LogP contribution < -0.4 is 0 Å². The van der Waals surface area contributed by atoms with Gasteiger partial charge in [0.05, 0.1) is 11.1 Å². The van der Waals surface area contributed by atoms with E-state index in [9.17, 15) is 9.59 Å². The molecule has 0 unspecified atom stereocenters. The van der Waals surface area contributed by atoms with Crippen LogP contribution in [0.25, 0.3) is 0 Å². The summed E-state index contributed by atoms with van der Waals surface area (Å²) < 4.78 is 0. The van der Waals surface area contributed by atoms with Gasteiger partial charge in [0.2, 0.25) is 0 Å². The molecule has 172 valence electrons. The first-order valence-electron chi connectivity index (χ1n) is 9.99. The first-order valence-corrected chi connectivity index (χ1v) is 9.99. The van der Waals surface area contributed by atoms with Crippen molar-refractivity contribution in [2.45, 2.75) is 19.8 Å². The molecule has 5 heteroatoms.